The van der Waals surface area contributed by atoms with Gasteiger partial charge in [-0.15, -0.1) is 0 Å². The van der Waals surface area contributed by atoms with Crippen molar-refractivity contribution < 1.29 is 19.0 Å². The summed E-state index contributed by atoms with van der Waals surface area (Å²) in [6.45, 7) is 3.29. The Labute approximate surface area is 167 Å². The van der Waals surface area contributed by atoms with E-state index in [2.05, 4.69) is 12.1 Å². The quantitative estimate of drug-likeness (QED) is 0.622. The molecule has 0 aliphatic carbocycles. The maximum atomic E-state index is 12.5. The molecular weight excluding hydrogens is 354 g/mol. The van der Waals surface area contributed by atoms with E-state index in [1.807, 2.05) is 47.4 Å². The Bertz CT molecular complexity index is 726. The number of likely N-dealkylation sites (tertiary alicyclic amines) is 1. The van der Waals surface area contributed by atoms with Crippen LogP contribution in [0.3, 0.4) is 0 Å². The molecule has 0 unspecified atom stereocenters. The van der Waals surface area contributed by atoms with Crippen molar-refractivity contribution >= 4 is 5.91 Å². The van der Waals surface area contributed by atoms with Crippen LogP contribution in [0.4, 0.5) is 0 Å². The molecule has 0 radical (unpaired) electrons. The Hall–Kier alpha value is -2.37. The molecule has 1 amide bonds. The molecule has 2 aromatic rings. The zero-order chi connectivity index (χ0) is 19.6. The zero-order valence-corrected chi connectivity index (χ0v) is 16.5. The fourth-order valence-corrected chi connectivity index (χ4v) is 3.38. The maximum Gasteiger partial charge on any atom is 0.226 e. The van der Waals surface area contributed by atoms with Crippen molar-refractivity contribution in [2.24, 2.45) is 0 Å². The highest BCUT2D eigenvalue weighted by molar-refractivity contribution is 5.79. The Morgan fingerprint density at radius 2 is 1.75 bits per heavy atom. The van der Waals surface area contributed by atoms with Gasteiger partial charge in [0.2, 0.25) is 5.91 Å². The van der Waals surface area contributed by atoms with Crippen LogP contribution in [0.1, 0.15) is 24.0 Å². The highest BCUT2D eigenvalue weighted by Crippen LogP contribution is 2.17. The van der Waals surface area contributed by atoms with E-state index in [1.54, 1.807) is 7.11 Å². The van der Waals surface area contributed by atoms with Gasteiger partial charge in [0, 0.05) is 13.1 Å². The lowest BCUT2D eigenvalue weighted by Crippen LogP contribution is -2.41. The number of hydrogen-bond acceptors (Lipinski definition) is 4. The summed E-state index contributed by atoms with van der Waals surface area (Å²) in [5.74, 6) is 0.949. The van der Waals surface area contributed by atoms with E-state index in [4.69, 9.17) is 14.2 Å². The molecule has 5 heteroatoms. The minimum atomic E-state index is 0.165. The number of methoxy groups -OCH3 is 1. The number of benzene rings is 2. The van der Waals surface area contributed by atoms with Crippen LogP contribution in [0.25, 0.3) is 0 Å². The van der Waals surface area contributed by atoms with E-state index in [-0.39, 0.29) is 12.0 Å². The molecule has 0 saturated carbocycles. The Balaban J connectivity index is 1.31. The molecule has 0 bridgehead atoms. The molecule has 2 aromatic carbocycles. The minimum Gasteiger partial charge on any atom is -0.497 e. The van der Waals surface area contributed by atoms with Crippen molar-refractivity contribution in [1.29, 1.82) is 0 Å². The van der Waals surface area contributed by atoms with Crippen molar-refractivity contribution in [3.8, 4) is 5.75 Å². The van der Waals surface area contributed by atoms with Crippen LogP contribution >= 0.6 is 0 Å². The highest BCUT2D eigenvalue weighted by Gasteiger charge is 2.23. The highest BCUT2D eigenvalue weighted by atomic mass is 16.5. The second kappa shape index (κ2) is 10.8. The number of carbonyl (C=O) groups is 1. The molecule has 5 nitrogen and oxygen atoms in total. The van der Waals surface area contributed by atoms with Gasteiger partial charge in [-0.1, -0.05) is 42.5 Å². The molecule has 1 saturated heterocycles. The molecule has 1 aliphatic rings. The number of carbonyl (C=O) groups excluding carboxylic acids is 1. The molecule has 0 spiro atoms. The van der Waals surface area contributed by atoms with Gasteiger partial charge < -0.3 is 19.1 Å². The Kier molecular flexibility index (Phi) is 7.88. The van der Waals surface area contributed by atoms with Crippen LogP contribution in [-0.2, 0) is 27.3 Å². The molecule has 0 N–H and O–H groups in total. The molecule has 0 atom stereocenters. The van der Waals surface area contributed by atoms with Gasteiger partial charge in [-0.2, -0.15) is 0 Å². The third-order valence-electron chi connectivity index (χ3n) is 4.98. The SMILES string of the molecule is COc1cccc(CC(=O)N2CCC(OCCOCc3ccccc3)CC2)c1. The molecule has 0 aromatic heterocycles. The Morgan fingerprint density at radius 3 is 2.50 bits per heavy atom. The summed E-state index contributed by atoms with van der Waals surface area (Å²) >= 11 is 0. The summed E-state index contributed by atoms with van der Waals surface area (Å²) in [6, 6.07) is 17.8. The average Bonchev–Trinajstić information content (AvgIpc) is 2.75. The summed E-state index contributed by atoms with van der Waals surface area (Å²) in [7, 11) is 1.64. The summed E-state index contributed by atoms with van der Waals surface area (Å²) in [5, 5.41) is 0. The fourth-order valence-electron chi connectivity index (χ4n) is 3.38. The summed E-state index contributed by atoms with van der Waals surface area (Å²) in [6.07, 6.45) is 2.38. The largest absolute Gasteiger partial charge is 0.497 e. The standard InChI is InChI=1S/C23H29NO4/c1-26-22-9-5-8-20(16-22)17-23(25)24-12-10-21(11-13-24)28-15-14-27-18-19-6-3-2-4-7-19/h2-9,16,21H,10-15,17-18H2,1H3. The summed E-state index contributed by atoms with van der Waals surface area (Å²) < 4.78 is 16.8. The monoisotopic (exact) mass is 383 g/mol. The van der Waals surface area contributed by atoms with Crippen LogP contribution in [0, 0.1) is 0 Å². The van der Waals surface area contributed by atoms with Gasteiger partial charge in [0.25, 0.3) is 0 Å². The van der Waals surface area contributed by atoms with Gasteiger partial charge in [0.15, 0.2) is 0 Å². The average molecular weight is 383 g/mol. The zero-order valence-electron chi connectivity index (χ0n) is 16.5. The van der Waals surface area contributed by atoms with Crippen LogP contribution in [-0.4, -0.2) is 50.3 Å². The van der Waals surface area contributed by atoms with Gasteiger partial charge in [-0.05, 0) is 36.1 Å². The van der Waals surface area contributed by atoms with Crippen molar-refractivity contribution in [3.05, 3.63) is 65.7 Å². The second-order valence-electron chi connectivity index (χ2n) is 7.02. The molecule has 150 valence electrons. The van der Waals surface area contributed by atoms with E-state index < -0.39 is 0 Å². The predicted molar refractivity (Wildman–Crippen MR) is 108 cm³/mol. The van der Waals surface area contributed by atoms with Crippen LogP contribution < -0.4 is 4.74 Å². The van der Waals surface area contributed by atoms with Gasteiger partial charge in [0.05, 0.1) is 39.5 Å². The van der Waals surface area contributed by atoms with E-state index >= 15 is 0 Å². The number of amides is 1. The lowest BCUT2D eigenvalue weighted by atomic mass is 10.1. The molecule has 28 heavy (non-hydrogen) atoms. The minimum absolute atomic E-state index is 0.165. The van der Waals surface area contributed by atoms with Crippen molar-refractivity contribution in [2.75, 3.05) is 33.4 Å². The van der Waals surface area contributed by atoms with E-state index in [9.17, 15) is 4.79 Å². The first kappa shape index (κ1) is 20.4. The van der Waals surface area contributed by atoms with E-state index in [1.165, 1.54) is 5.56 Å². The molecule has 3 rings (SSSR count). The topological polar surface area (TPSA) is 48.0 Å². The molecular formula is C23H29NO4. The number of hydrogen-bond donors (Lipinski definition) is 0. The molecule has 1 fully saturated rings. The fraction of sp³-hybridized carbons (Fsp3) is 0.435. The number of rotatable bonds is 9. The van der Waals surface area contributed by atoms with Crippen molar-refractivity contribution in [2.45, 2.75) is 32.0 Å². The van der Waals surface area contributed by atoms with Crippen LogP contribution in [0.2, 0.25) is 0 Å². The van der Waals surface area contributed by atoms with Gasteiger partial charge in [0.1, 0.15) is 5.75 Å². The molecule has 1 heterocycles. The second-order valence-corrected chi connectivity index (χ2v) is 7.02. The molecule has 1 aliphatic heterocycles. The third-order valence-corrected chi connectivity index (χ3v) is 4.98. The number of ether oxygens (including phenoxy) is 3. The Morgan fingerprint density at radius 1 is 1.00 bits per heavy atom. The van der Waals surface area contributed by atoms with Crippen molar-refractivity contribution in [3.63, 3.8) is 0 Å². The van der Waals surface area contributed by atoms with Crippen LogP contribution in [0.5, 0.6) is 5.75 Å². The smallest absolute Gasteiger partial charge is 0.226 e. The van der Waals surface area contributed by atoms with Gasteiger partial charge >= 0.3 is 0 Å². The number of piperidine rings is 1. The first-order chi connectivity index (χ1) is 13.7. The number of nitrogens with zero attached hydrogens (tertiary/aromatic N) is 1. The third kappa shape index (κ3) is 6.36. The van der Waals surface area contributed by atoms with Crippen molar-refractivity contribution in [1.82, 2.24) is 4.90 Å². The summed E-state index contributed by atoms with van der Waals surface area (Å²) in [5.41, 5.74) is 2.16. The summed E-state index contributed by atoms with van der Waals surface area (Å²) in [4.78, 5) is 14.5. The predicted octanol–water partition coefficient (Wildman–Crippen LogP) is 3.46. The lowest BCUT2D eigenvalue weighted by Gasteiger charge is -2.32. The van der Waals surface area contributed by atoms with E-state index in [0.717, 1.165) is 37.2 Å². The maximum absolute atomic E-state index is 12.5. The van der Waals surface area contributed by atoms with Gasteiger partial charge in [-0.25, -0.2) is 0 Å². The normalized spacial score (nSPS) is 14.8. The first-order valence-corrected chi connectivity index (χ1v) is 9.88. The van der Waals surface area contributed by atoms with Gasteiger partial charge in [-0.3, -0.25) is 4.79 Å². The van der Waals surface area contributed by atoms with Crippen LogP contribution in [0.15, 0.2) is 54.6 Å². The first-order valence-electron chi connectivity index (χ1n) is 9.88. The lowest BCUT2D eigenvalue weighted by molar-refractivity contribution is -0.133. The van der Waals surface area contributed by atoms with E-state index in [0.29, 0.717) is 26.2 Å².